The van der Waals surface area contributed by atoms with Gasteiger partial charge in [0, 0.05) is 6.04 Å². The summed E-state index contributed by atoms with van der Waals surface area (Å²) >= 11 is 0. The first-order chi connectivity index (χ1) is 9.84. The lowest BCUT2D eigenvalue weighted by Gasteiger charge is -2.32. The summed E-state index contributed by atoms with van der Waals surface area (Å²) in [6.07, 6.45) is 8.47. The van der Waals surface area contributed by atoms with Crippen molar-refractivity contribution in [2.45, 2.75) is 64.1 Å². The molecule has 2 heteroatoms. The topological polar surface area (TPSA) is 21.3 Å². The van der Waals surface area contributed by atoms with Crippen molar-refractivity contribution >= 4 is 0 Å². The first-order valence-electron chi connectivity index (χ1n) is 8.26. The van der Waals surface area contributed by atoms with Crippen LogP contribution in [0, 0.1) is 5.92 Å². The van der Waals surface area contributed by atoms with Crippen molar-refractivity contribution in [2.24, 2.45) is 5.92 Å². The molecule has 2 nitrogen and oxygen atoms in total. The van der Waals surface area contributed by atoms with Crippen molar-refractivity contribution in [3.8, 4) is 0 Å². The minimum Gasteiger partial charge on any atom is -0.375 e. The fourth-order valence-electron chi connectivity index (χ4n) is 3.78. The van der Waals surface area contributed by atoms with Gasteiger partial charge in [0.15, 0.2) is 0 Å². The normalized spacial score (nSPS) is 25.8. The molecule has 2 atom stereocenters. The van der Waals surface area contributed by atoms with Crippen molar-refractivity contribution in [1.82, 2.24) is 5.32 Å². The van der Waals surface area contributed by atoms with E-state index in [1.54, 1.807) is 0 Å². The zero-order chi connectivity index (χ0) is 13.8. The number of hydrogen-bond acceptors (Lipinski definition) is 2. The zero-order valence-corrected chi connectivity index (χ0v) is 12.6. The maximum Gasteiger partial charge on any atom is 0.0721 e. The molecule has 1 aromatic carbocycles. The van der Waals surface area contributed by atoms with E-state index in [9.17, 15) is 0 Å². The first-order valence-corrected chi connectivity index (χ1v) is 8.26. The van der Waals surface area contributed by atoms with E-state index in [2.05, 4.69) is 36.5 Å². The summed E-state index contributed by atoms with van der Waals surface area (Å²) < 4.78 is 5.76. The molecule has 110 valence electrons. The minimum atomic E-state index is 0.373. The van der Waals surface area contributed by atoms with Crippen molar-refractivity contribution < 1.29 is 4.74 Å². The molecule has 0 saturated heterocycles. The molecule has 1 aliphatic heterocycles. The molecule has 1 fully saturated rings. The average Bonchev–Trinajstić information content (AvgIpc) is 2.77. The molecule has 1 aromatic rings. The van der Waals surface area contributed by atoms with Gasteiger partial charge in [-0.2, -0.15) is 0 Å². The number of hydrogen-bond donors (Lipinski definition) is 1. The Kier molecular flexibility index (Phi) is 4.74. The SMILES string of the molecule is C[C@@H](NC1COCc2ccccc21)C1CCCCCC1. The molecule has 0 aromatic heterocycles. The Morgan fingerprint density at radius 2 is 1.85 bits per heavy atom. The van der Waals surface area contributed by atoms with Crippen LogP contribution in [-0.4, -0.2) is 12.6 Å². The van der Waals surface area contributed by atoms with E-state index < -0.39 is 0 Å². The largest absolute Gasteiger partial charge is 0.375 e. The van der Waals surface area contributed by atoms with Gasteiger partial charge >= 0.3 is 0 Å². The molecule has 1 aliphatic carbocycles. The van der Waals surface area contributed by atoms with Crippen molar-refractivity contribution in [1.29, 1.82) is 0 Å². The van der Waals surface area contributed by atoms with E-state index in [4.69, 9.17) is 4.74 Å². The zero-order valence-electron chi connectivity index (χ0n) is 12.6. The van der Waals surface area contributed by atoms with Gasteiger partial charge in [0.2, 0.25) is 0 Å². The van der Waals surface area contributed by atoms with Crippen molar-refractivity contribution in [3.05, 3.63) is 35.4 Å². The van der Waals surface area contributed by atoms with Crippen LogP contribution in [0.25, 0.3) is 0 Å². The predicted octanol–water partition coefficient (Wildman–Crippen LogP) is 4.21. The van der Waals surface area contributed by atoms with Crippen LogP contribution in [0.15, 0.2) is 24.3 Å². The Bertz CT molecular complexity index is 423. The van der Waals surface area contributed by atoms with E-state index in [0.717, 1.165) is 19.1 Å². The molecule has 1 unspecified atom stereocenters. The van der Waals surface area contributed by atoms with Crippen LogP contribution >= 0.6 is 0 Å². The monoisotopic (exact) mass is 273 g/mol. The van der Waals surface area contributed by atoms with Gasteiger partial charge in [-0.15, -0.1) is 0 Å². The second kappa shape index (κ2) is 6.73. The van der Waals surface area contributed by atoms with E-state index in [1.807, 2.05) is 0 Å². The third-order valence-electron chi connectivity index (χ3n) is 5.04. The second-order valence-corrected chi connectivity index (χ2v) is 6.47. The summed E-state index contributed by atoms with van der Waals surface area (Å²) in [4.78, 5) is 0. The van der Waals surface area contributed by atoms with Crippen LogP contribution in [0.5, 0.6) is 0 Å². The highest BCUT2D eigenvalue weighted by Gasteiger charge is 2.25. The summed E-state index contributed by atoms with van der Waals surface area (Å²) in [5.74, 6) is 0.839. The number of rotatable bonds is 3. The first kappa shape index (κ1) is 14.1. The molecule has 3 rings (SSSR count). The van der Waals surface area contributed by atoms with Gasteiger partial charge in [-0.1, -0.05) is 49.9 Å². The standard InChI is InChI=1S/C18H27NO/c1-14(15-8-4-2-3-5-9-15)19-18-13-20-12-16-10-6-7-11-17(16)18/h6-7,10-11,14-15,18-19H,2-5,8-9,12-13H2,1H3/t14-,18?/m1/s1. The van der Waals surface area contributed by atoms with Crippen LogP contribution in [0.1, 0.15) is 62.6 Å². The summed E-state index contributed by atoms with van der Waals surface area (Å²) in [7, 11) is 0. The fourth-order valence-corrected chi connectivity index (χ4v) is 3.78. The third kappa shape index (κ3) is 3.24. The number of benzene rings is 1. The van der Waals surface area contributed by atoms with E-state index in [1.165, 1.54) is 49.7 Å². The average molecular weight is 273 g/mol. The lowest BCUT2D eigenvalue weighted by Crippen LogP contribution is -2.39. The van der Waals surface area contributed by atoms with Crippen LogP contribution in [-0.2, 0) is 11.3 Å². The van der Waals surface area contributed by atoms with Gasteiger partial charge in [-0.25, -0.2) is 0 Å². The lowest BCUT2D eigenvalue weighted by atomic mass is 9.91. The molecule has 1 N–H and O–H groups in total. The molecular weight excluding hydrogens is 246 g/mol. The third-order valence-corrected chi connectivity index (χ3v) is 5.04. The van der Waals surface area contributed by atoms with E-state index in [-0.39, 0.29) is 0 Å². The molecular formula is C18H27NO. The van der Waals surface area contributed by atoms with E-state index >= 15 is 0 Å². The summed E-state index contributed by atoms with van der Waals surface area (Å²) in [6, 6.07) is 9.68. The second-order valence-electron chi connectivity index (χ2n) is 6.47. The Hall–Kier alpha value is -0.860. The molecule has 0 amide bonds. The van der Waals surface area contributed by atoms with Crippen LogP contribution in [0.3, 0.4) is 0 Å². The van der Waals surface area contributed by atoms with Crippen LogP contribution in [0.2, 0.25) is 0 Å². The van der Waals surface area contributed by atoms with Crippen molar-refractivity contribution in [2.75, 3.05) is 6.61 Å². The number of ether oxygens (including phenoxy) is 1. The van der Waals surface area contributed by atoms with E-state index in [0.29, 0.717) is 12.1 Å². The Morgan fingerprint density at radius 3 is 2.65 bits per heavy atom. The Labute approximate surface area is 122 Å². The van der Waals surface area contributed by atoms with Crippen LogP contribution in [0.4, 0.5) is 0 Å². The van der Waals surface area contributed by atoms with Gasteiger partial charge in [0.05, 0.1) is 19.3 Å². The molecule has 20 heavy (non-hydrogen) atoms. The molecule has 0 spiro atoms. The molecule has 0 radical (unpaired) electrons. The van der Waals surface area contributed by atoms with Crippen molar-refractivity contribution in [3.63, 3.8) is 0 Å². The molecule has 2 aliphatic rings. The number of nitrogens with one attached hydrogen (secondary N) is 1. The molecule has 0 bridgehead atoms. The highest BCUT2D eigenvalue weighted by Crippen LogP contribution is 2.29. The van der Waals surface area contributed by atoms with Gasteiger partial charge in [0.25, 0.3) is 0 Å². The summed E-state index contributed by atoms with van der Waals surface area (Å²) in [6.45, 7) is 3.95. The van der Waals surface area contributed by atoms with Gasteiger partial charge in [-0.05, 0) is 36.8 Å². The predicted molar refractivity (Wildman–Crippen MR) is 82.6 cm³/mol. The maximum atomic E-state index is 5.76. The van der Waals surface area contributed by atoms with Gasteiger partial charge in [-0.3, -0.25) is 0 Å². The smallest absolute Gasteiger partial charge is 0.0721 e. The summed E-state index contributed by atoms with van der Waals surface area (Å²) in [5, 5.41) is 3.85. The maximum absolute atomic E-state index is 5.76. The minimum absolute atomic E-state index is 0.373. The quantitative estimate of drug-likeness (QED) is 0.833. The Morgan fingerprint density at radius 1 is 1.10 bits per heavy atom. The van der Waals surface area contributed by atoms with Crippen LogP contribution < -0.4 is 5.32 Å². The highest BCUT2D eigenvalue weighted by molar-refractivity contribution is 5.31. The lowest BCUT2D eigenvalue weighted by molar-refractivity contribution is 0.0756. The molecule has 1 heterocycles. The highest BCUT2D eigenvalue weighted by atomic mass is 16.5. The van der Waals surface area contributed by atoms with Gasteiger partial charge < -0.3 is 10.1 Å². The summed E-state index contributed by atoms with van der Waals surface area (Å²) in [5.41, 5.74) is 2.79. The fraction of sp³-hybridized carbons (Fsp3) is 0.667. The molecule has 1 saturated carbocycles. The number of fused-ring (bicyclic) bond motifs is 1. The van der Waals surface area contributed by atoms with Gasteiger partial charge in [0.1, 0.15) is 0 Å². The Balaban J connectivity index is 1.65.